The highest BCUT2D eigenvalue weighted by Crippen LogP contribution is 2.26. The molecule has 7 nitrogen and oxygen atoms in total. The molecule has 0 saturated carbocycles. The number of hydrogen-bond acceptors (Lipinski definition) is 5. The molecule has 1 atom stereocenters. The maximum Gasteiger partial charge on any atom is 0.254 e. The summed E-state index contributed by atoms with van der Waals surface area (Å²) in [6.07, 6.45) is 1.43. The van der Waals surface area contributed by atoms with E-state index >= 15 is 0 Å². The molecule has 3 N–H and O–H groups in total. The second kappa shape index (κ2) is 8.82. The number of methoxy groups -OCH3 is 1. The Bertz CT molecular complexity index is 612. The second-order valence-electron chi connectivity index (χ2n) is 6.39. The van der Waals surface area contributed by atoms with Gasteiger partial charge in [0.15, 0.2) is 0 Å². The van der Waals surface area contributed by atoms with Gasteiger partial charge in [-0.25, -0.2) is 0 Å². The van der Waals surface area contributed by atoms with Crippen molar-refractivity contribution in [1.29, 1.82) is 0 Å². The van der Waals surface area contributed by atoms with Gasteiger partial charge in [-0.1, -0.05) is 13.3 Å². The highest BCUT2D eigenvalue weighted by atomic mass is 16.5. The molecule has 1 aliphatic rings. The van der Waals surface area contributed by atoms with Crippen molar-refractivity contribution in [3.05, 3.63) is 23.8 Å². The number of carbonyl (C=O) groups excluding carboxylic acids is 2. The van der Waals surface area contributed by atoms with Crippen molar-refractivity contribution >= 4 is 17.5 Å². The Morgan fingerprint density at radius 3 is 2.56 bits per heavy atom. The number of nitrogens with one attached hydrogen (secondary N) is 1. The number of amides is 2. The molecule has 0 bridgehead atoms. The first-order valence-electron chi connectivity index (χ1n) is 8.68. The predicted octanol–water partition coefficient (Wildman–Crippen LogP) is 1.15. The molecule has 1 fully saturated rings. The van der Waals surface area contributed by atoms with E-state index in [2.05, 4.69) is 10.2 Å². The van der Waals surface area contributed by atoms with Crippen molar-refractivity contribution in [1.82, 2.24) is 9.80 Å². The molecular weight excluding hydrogens is 320 g/mol. The van der Waals surface area contributed by atoms with Crippen molar-refractivity contribution in [2.45, 2.75) is 25.8 Å². The molecule has 25 heavy (non-hydrogen) atoms. The Morgan fingerprint density at radius 1 is 1.28 bits per heavy atom. The Morgan fingerprint density at radius 2 is 1.96 bits per heavy atom. The third-order valence-corrected chi connectivity index (χ3v) is 4.43. The van der Waals surface area contributed by atoms with Gasteiger partial charge in [0.05, 0.1) is 18.8 Å². The molecule has 138 valence electrons. The smallest absolute Gasteiger partial charge is 0.254 e. The molecule has 1 unspecified atom stereocenters. The lowest BCUT2D eigenvalue weighted by atomic mass is 10.1. The number of carbonyl (C=O) groups is 2. The summed E-state index contributed by atoms with van der Waals surface area (Å²) in [7, 11) is 3.57. The van der Waals surface area contributed by atoms with Gasteiger partial charge in [0.2, 0.25) is 5.91 Å². The van der Waals surface area contributed by atoms with Gasteiger partial charge in [0.1, 0.15) is 5.75 Å². The summed E-state index contributed by atoms with van der Waals surface area (Å²) in [4.78, 5) is 28.9. The van der Waals surface area contributed by atoms with E-state index < -0.39 is 6.04 Å². The first-order valence-corrected chi connectivity index (χ1v) is 8.68. The van der Waals surface area contributed by atoms with E-state index in [1.54, 1.807) is 18.2 Å². The lowest BCUT2D eigenvalue weighted by Crippen LogP contribution is -2.47. The molecule has 2 rings (SSSR count). The average Bonchev–Trinajstić information content (AvgIpc) is 2.62. The van der Waals surface area contributed by atoms with Crippen molar-refractivity contribution in [2.24, 2.45) is 5.73 Å². The zero-order valence-corrected chi connectivity index (χ0v) is 15.2. The van der Waals surface area contributed by atoms with Crippen LogP contribution in [0.4, 0.5) is 5.69 Å². The molecule has 1 heterocycles. The first kappa shape index (κ1) is 19.2. The van der Waals surface area contributed by atoms with Crippen molar-refractivity contribution in [3.63, 3.8) is 0 Å². The minimum absolute atomic E-state index is 0.0379. The normalized spacial score (nSPS) is 16.4. The lowest BCUT2D eigenvalue weighted by Gasteiger charge is -2.32. The Kier molecular flexibility index (Phi) is 6.78. The zero-order chi connectivity index (χ0) is 18.4. The van der Waals surface area contributed by atoms with E-state index in [1.807, 2.05) is 18.9 Å². The summed E-state index contributed by atoms with van der Waals surface area (Å²) in [5, 5.41) is 2.78. The molecule has 0 spiro atoms. The predicted molar refractivity (Wildman–Crippen MR) is 97.9 cm³/mol. The number of likely N-dealkylation sites (N-methyl/N-ethyl adjacent to an activating group) is 1. The second-order valence-corrected chi connectivity index (χ2v) is 6.39. The molecule has 0 radical (unpaired) electrons. The average molecular weight is 348 g/mol. The van der Waals surface area contributed by atoms with Crippen molar-refractivity contribution in [2.75, 3.05) is 45.7 Å². The van der Waals surface area contributed by atoms with Gasteiger partial charge in [-0.05, 0) is 31.7 Å². The fourth-order valence-corrected chi connectivity index (χ4v) is 2.80. The molecular formula is C18H28N4O3. The molecule has 1 saturated heterocycles. The fraction of sp³-hybridized carbons (Fsp3) is 0.556. The Hall–Kier alpha value is -2.12. The topological polar surface area (TPSA) is 87.9 Å². The highest BCUT2D eigenvalue weighted by Gasteiger charge is 2.22. The van der Waals surface area contributed by atoms with Crippen LogP contribution in [0.3, 0.4) is 0 Å². The SMILES string of the molecule is CCCC(N)C(=O)Nc1cc(C(=O)N2CCN(C)CC2)ccc1OC. The van der Waals surface area contributed by atoms with Crippen LogP contribution in [-0.4, -0.2) is 68.0 Å². The monoisotopic (exact) mass is 348 g/mol. The van der Waals surface area contributed by atoms with Crippen LogP contribution < -0.4 is 15.8 Å². The number of nitrogens with two attached hydrogens (primary N) is 1. The summed E-state index contributed by atoms with van der Waals surface area (Å²) in [6.45, 7) is 5.09. The van der Waals surface area contributed by atoms with E-state index in [0.717, 1.165) is 19.5 Å². The van der Waals surface area contributed by atoms with Crippen molar-refractivity contribution in [3.8, 4) is 5.75 Å². The number of anilines is 1. The van der Waals surface area contributed by atoms with E-state index in [4.69, 9.17) is 10.5 Å². The number of nitrogens with zero attached hydrogens (tertiary/aromatic N) is 2. The van der Waals surface area contributed by atoms with Crippen LogP contribution in [0.5, 0.6) is 5.75 Å². The summed E-state index contributed by atoms with van der Waals surface area (Å²) in [5.74, 6) is 0.195. The maximum absolute atomic E-state index is 12.7. The minimum Gasteiger partial charge on any atom is -0.495 e. The summed E-state index contributed by atoms with van der Waals surface area (Å²) < 4.78 is 5.29. The number of rotatable bonds is 6. The van der Waals surface area contributed by atoms with Crippen LogP contribution in [0.2, 0.25) is 0 Å². The van der Waals surface area contributed by atoms with Crippen LogP contribution in [-0.2, 0) is 4.79 Å². The van der Waals surface area contributed by atoms with Gasteiger partial charge in [-0.3, -0.25) is 9.59 Å². The number of ether oxygens (including phenoxy) is 1. The number of hydrogen-bond donors (Lipinski definition) is 2. The molecule has 0 aliphatic carbocycles. The van der Waals surface area contributed by atoms with Crippen LogP contribution in [0.15, 0.2) is 18.2 Å². The Balaban J connectivity index is 2.15. The highest BCUT2D eigenvalue weighted by molar-refractivity contribution is 5.99. The Labute approximate surface area is 149 Å². The van der Waals surface area contributed by atoms with E-state index in [0.29, 0.717) is 36.5 Å². The summed E-state index contributed by atoms with van der Waals surface area (Å²) in [5.41, 5.74) is 6.87. The van der Waals surface area contributed by atoms with E-state index in [-0.39, 0.29) is 11.8 Å². The van der Waals surface area contributed by atoms with Crippen LogP contribution in [0, 0.1) is 0 Å². The summed E-state index contributed by atoms with van der Waals surface area (Å²) in [6, 6.07) is 4.51. The van der Waals surface area contributed by atoms with Gasteiger partial charge < -0.3 is 25.6 Å². The van der Waals surface area contributed by atoms with Gasteiger partial charge in [-0.2, -0.15) is 0 Å². The molecule has 0 aromatic heterocycles. The van der Waals surface area contributed by atoms with Crippen LogP contribution >= 0.6 is 0 Å². The van der Waals surface area contributed by atoms with E-state index in [9.17, 15) is 9.59 Å². The standard InChI is InChI=1S/C18H28N4O3/c1-4-5-14(19)17(23)20-15-12-13(6-7-16(15)25-3)18(24)22-10-8-21(2)9-11-22/h6-7,12,14H,4-5,8-11,19H2,1-3H3,(H,20,23). The van der Waals surface area contributed by atoms with E-state index in [1.165, 1.54) is 7.11 Å². The third-order valence-electron chi connectivity index (χ3n) is 4.43. The third kappa shape index (κ3) is 4.93. The fourth-order valence-electron chi connectivity index (χ4n) is 2.80. The molecule has 1 aromatic carbocycles. The van der Waals surface area contributed by atoms with Crippen LogP contribution in [0.1, 0.15) is 30.1 Å². The quantitative estimate of drug-likeness (QED) is 0.805. The maximum atomic E-state index is 12.7. The van der Waals surface area contributed by atoms with Gasteiger partial charge >= 0.3 is 0 Å². The van der Waals surface area contributed by atoms with Gasteiger partial charge in [0, 0.05) is 31.7 Å². The number of piperazine rings is 1. The largest absolute Gasteiger partial charge is 0.495 e. The van der Waals surface area contributed by atoms with Crippen molar-refractivity contribution < 1.29 is 14.3 Å². The minimum atomic E-state index is -0.577. The van der Waals surface area contributed by atoms with Gasteiger partial charge in [0.25, 0.3) is 5.91 Å². The molecule has 2 amide bonds. The molecule has 1 aliphatic heterocycles. The zero-order valence-electron chi connectivity index (χ0n) is 15.2. The molecule has 1 aromatic rings. The summed E-state index contributed by atoms with van der Waals surface area (Å²) >= 11 is 0. The van der Waals surface area contributed by atoms with Crippen LogP contribution in [0.25, 0.3) is 0 Å². The van der Waals surface area contributed by atoms with Gasteiger partial charge in [-0.15, -0.1) is 0 Å². The lowest BCUT2D eigenvalue weighted by molar-refractivity contribution is -0.117. The number of benzene rings is 1. The molecule has 7 heteroatoms. The first-order chi connectivity index (χ1) is 12.0.